The van der Waals surface area contributed by atoms with Gasteiger partial charge in [0.2, 0.25) is 0 Å². The van der Waals surface area contributed by atoms with Crippen LogP contribution in [0.5, 0.6) is 5.75 Å². The van der Waals surface area contributed by atoms with Gasteiger partial charge in [0, 0.05) is 18.3 Å². The van der Waals surface area contributed by atoms with Gasteiger partial charge in [-0.05, 0) is 59.8 Å². The van der Waals surface area contributed by atoms with Gasteiger partial charge in [0.15, 0.2) is 0 Å². The van der Waals surface area contributed by atoms with E-state index in [0.717, 1.165) is 18.7 Å². The molecule has 2 N–H and O–H groups in total. The molecule has 0 aliphatic rings. The molecule has 0 saturated heterocycles. The molecule has 0 amide bonds. The summed E-state index contributed by atoms with van der Waals surface area (Å²) in [5, 5.41) is 1.27. The number of benzene rings is 2. The van der Waals surface area contributed by atoms with Crippen molar-refractivity contribution in [3.8, 4) is 5.75 Å². The van der Waals surface area contributed by atoms with Crippen LogP contribution < -0.4 is 10.5 Å². The monoisotopic (exact) mass is 280 g/mol. The van der Waals surface area contributed by atoms with Crippen molar-refractivity contribution >= 4 is 10.9 Å². The van der Waals surface area contributed by atoms with Gasteiger partial charge in [0.25, 0.3) is 0 Å². The summed E-state index contributed by atoms with van der Waals surface area (Å²) in [5.74, 6) is 0.891. The molecule has 0 atom stereocenters. The van der Waals surface area contributed by atoms with E-state index in [0.29, 0.717) is 6.54 Å². The van der Waals surface area contributed by atoms with Crippen molar-refractivity contribution < 1.29 is 4.74 Å². The summed E-state index contributed by atoms with van der Waals surface area (Å²) >= 11 is 0. The molecule has 21 heavy (non-hydrogen) atoms. The zero-order valence-electron chi connectivity index (χ0n) is 12.3. The second kappa shape index (κ2) is 6.02. The Labute approximate surface area is 125 Å². The fourth-order valence-electron chi connectivity index (χ4n) is 2.64. The average molecular weight is 280 g/mol. The van der Waals surface area contributed by atoms with E-state index < -0.39 is 0 Å². The lowest BCUT2D eigenvalue weighted by Crippen LogP contribution is -2.02. The fourth-order valence-corrected chi connectivity index (χ4v) is 2.64. The SMILES string of the molecule is COc1ccc(Cn2ccc3cc(CCN)ccc32)cc1. The van der Waals surface area contributed by atoms with Crippen LogP contribution in [0.3, 0.4) is 0 Å². The highest BCUT2D eigenvalue weighted by molar-refractivity contribution is 5.81. The van der Waals surface area contributed by atoms with Gasteiger partial charge in [-0.3, -0.25) is 0 Å². The first-order valence-corrected chi connectivity index (χ1v) is 7.21. The van der Waals surface area contributed by atoms with Crippen molar-refractivity contribution in [2.45, 2.75) is 13.0 Å². The minimum Gasteiger partial charge on any atom is -0.497 e. The van der Waals surface area contributed by atoms with E-state index in [1.165, 1.54) is 22.0 Å². The summed E-state index contributed by atoms with van der Waals surface area (Å²) in [7, 11) is 1.69. The van der Waals surface area contributed by atoms with E-state index in [4.69, 9.17) is 10.5 Å². The molecule has 0 saturated carbocycles. The number of nitrogens with two attached hydrogens (primary N) is 1. The number of hydrogen-bond donors (Lipinski definition) is 1. The van der Waals surface area contributed by atoms with Crippen LogP contribution in [0.25, 0.3) is 10.9 Å². The number of methoxy groups -OCH3 is 1. The van der Waals surface area contributed by atoms with Gasteiger partial charge in [0.1, 0.15) is 5.75 Å². The van der Waals surface area contributed by atoms with Crippen molar-refractivity contribution in [1.29, 1.82) is 0 Å². The number of aromatic nitrogens is 1. The molecule has 3 heteroatoms. The Bertz CT molecular complexity index is 729. The second-order valence-electron chi connectivity index (χ2n) is 5.22. The lowest BCUT2D eigenvalue weighted by Gasteiger charge is -2.07. The van der Waals surface area contributed by atoms with Gasteiger partial charge >= 0.3 is 0 Å². The van der Waals surface area contributed by atoms with E-state index in [1.807, 2.05) is 12.1 Å². The number of fused-ring (bicyclic) bond motifs is 1. The van der Waals surface area contributed by atoms with Crippen molar-refractivity contribution in [3.05, 3.63) is 65.9 Å². The van der Waals surface area contributed by atoms with Gasteiger partial charge in [-0.15, -0.1) is 0 Å². The third-order valence-electron chi connectivity index (χ3n) is 3.78. The van der Waals surface area contributed by atoms with E-state index >= 15 is 0 Å². The molecule has 3 aromatic rings. The first-order valence-electron chi connectivity index (χ1n) is 7.21. The Balaban J connectivity index is 1.86. The molecule has 0 aliphatic heterocycles. The fraction of sp³-hybridized carbons (Fsp3) is 0.222. The third-order valence-corrected chi connectivity index (χ3v) is 3.78. The van der Waals surface area contributed by atoms with Crippen LogP contribution >= 0.6 is 0 Å². The van der Waals surface area contributed by atoms with Gasteiger partial charge in [-0.1, -0.05) is 18.2 Å². The molecular formula is C18H20N2O. The van der Waals surface area contributed by atoms with E-state index in [-0.39, 0.29) is 0 Å². The molecule has 0 spiro atoms. The Hall–Kier alpha value is -2.26. The third kappa shape index (κ3) is 2.93. The lowest BCUT2D eigenvalue weighted by atomic mass is 10.1. The van der Waals surface area contributed by atoms with E-state index in [2.05, 4.69) is 47.2 Å². The molecule has 3 nitrogen and oxygen atoms in total. The van der Waals surface area contributed by atoms with Crippen molar-refractivity contribution in [3.63, 3.8) is 0 Å². The number of rotatable bonds is 5. The lowest BCUT2D eigenvalue weighted by molar-refractivity contribution is 0.414. The van der Waals surface area contributed by atoms with Gasteiger partial charge < -0.3 is 15.0 Å². The van der Waals surface area contributed by atoms with Crippen LogP contribution in [0.15, 0.2) is 54.7 Å². The molecule has 0 unspecified atom stereocenters. The smallest absolute Gasteiger partial charge is 0.118 e. The molecule has 0 bridgehead atoms. The minimum absolute atomic E-state index is 0.693. The van der Waals surface area contributed by atoms with Crippen LogP contribution in [0.1, 0.15) is 11.1 Å². The van der Waals surface area contributed by atoms with Crippen molar-refractivity contribution in [2.75, 3.05) is 13.7 Å². The minimum atomic E-state index is 0.693. The maximum Gasteiger partial charge on any atom is 0.118 e. The van der Waals surface area contributed by atoms with E-state index in [9.17, 15) is 0 Å². The average Bonchev–Trinajstić information content (AvgIpc) is 2.91. The molecule has 1 heterocycles. The normalized spacial score (nSPS) is 11.0. The Morgan fingerprint density at radius 3 is 2.48 bits per heavy atom. The Kier molecular flexibility index (Phi) is 3.93. The molecule has 0 aliphatic carbocycles. The zero-order chi connectivity index (χ0) is 14.7. The first-order chi connectivity index (χ1) is 10.3. The molecule has 0 fully saturated rings. The summed E-state index contributed by atoms with van der Waals surface area (Å²) < 4.78 is 7.46. The van der Waals surface area contributed by atoms with Crippen molar-refractivity contribution in [1.82, 2.24) is 4.57 Å². The Morgan fingerprint density at radius 2 is 1.76 bits per heavy atom. The molecule has 3 rings (SSSR count). The topological polar surface area (TPSA) is 40.2 Å². The maximum atomic E-state index is 5.62. The largest absolute Gasteiger partial charge is 0.497 e. The number of hydrogen-bond acceptors (Lipinski definition) is 2. The van der Waals surface area contributed by atoms with Gasteiger partial charge in [-0.25, -0.2) is 0 Å². The summed E-state index contributed by atoms with van der Waals surface area (Å²) in [4.78, 5) is 0. The van der Waals surface area contributed by atoms with Crippen LogP contribution in [0, 0.1) is 0 Å². The van der Waals surface area contributed by atoms with Crippen LogP contribution in [0.2, 0.25) is 0 Å². The standard InChI is InChI=1S/C18H20N2O/c1-21-17-5-2-15(3-6-17)13-20-11-9-16-12-14(8-10-19)4-7-18(16)20/h2-7,9,11-12H,8,10,13,19H2,1H3. The summed E-state index contributed by atoms with van der Waals surface area (Å²) in [6.45, 7) is 1.56. The molecule has 1 aromatic heterocycles. The summed E-state index contributed by atoms with van der Waals surface area (Å²) in [6, 6.07) is 17.0. The highest BCUT2D eigenvalue weighted by Gasteiger charge is 2.03. The van der Waals surface area contributed by atoms with Gasteiger partial charge in [0.05, 0.1) is 7.11 Å². The Morgan fingerprint density at radius 1 is 1.00 bits per heavy atom. The predicted molar refractivity (Wildman–Crippen MR) is 86.8 cm³/mol. The van der Waals surface area contributed by atoms with Gasteiger partial charge in [-0.2, -0.15) is 0 Å². The van der Waals surface area contributed by atoms with E-state index in [1.54, 1.807) is 7.11 Å². The predicted octanol–water partition coefficient (Wildman–Crippen LogP) is 3.20. The van der Waals surface area contributed by atoms with Crippen LogP contribution in [-0.4, -0.2) is 18.2 Å². The van der Waals surface area contributed by atoms with Crippen molar-refractivity contribution in [2.24, 2.45) is 5.73 Å². The quantitative estimate of drug-likeness (QED) is 0.779. The number of nitrogens with zero attached hydrogens (tertiary/aromatic N) is 1. The molecule has 2 aromatic carbocycles. The first kappa shape index (κ1) is 13.7. The summed E-state index contributed by atoms with van der Waals surface area (Å²) in [5.41, 5.74) is 9.44. The molecule has 0 radical (unpaired) electrons. The van der Waals surface area contributed by atoms with Crippen LogP contribution in [0.4, 0.5) is 0 Å². The highest BCUT2D eigenvalue weighted by Crippen LogP contribution is 2.20. The zero-order valence-corrected chi connectivity index (χ0v) is 12.3. The second-order valence-corrected chi connectivity index (χ2v) is 5.22. The molecular weight excluding hydrogens is 260 g/mol. The number of ether oxygens (including phenoxy) is 1. The maximum absolute atomic E-state index is 5.62. The summed E-state index contributed by atoms with van der Waals surface area (Å²) in [6.07, 6.45) is 3.07. The highest BCUT2D eigenvalue weighted by atomic mass is 16.5. The van der Waals surface area contributed by atoms with Crippen LogP contribution in [-0.2, 0) is 13.0 Å². The molecule has 108 valence electrons.